The number of rotatable bonds is 6. The van der Waals surface area contributed by atoms with E-state index in [1.165, 1.54) is 0 Å². The quantitative estimate of drug-likeness (QED) is 0.780. The van der Waals surface area contributed by atoms with Crippen molar-refractivity contribution < 1.29 is 9.59 Å². The van der Waals surface area contributed by atoms with E-state index >= 15 is 0 Å². The van der Waals surface area contributed by atoms with Crippen LogP contribution in [0.1, 0.15) is 30.1 Å². The van der Waals surface area contributed by atoms with E-state index in [4.69, 9.17) is 0 Å². The summed E-state index contributed by atoms with van der Waals surface area (Å²) in [5.41, 5.74) is 1.25. The fourth-order valence-electron chi connectivity index (χ4n) is 2.89. The highest BCUT2D eigenvalue weighted by Gasteiger charge is 2.18. The number of nitrogens with zero attached hydrogens (tertiary/aromatic N) is 2. The van der Waals surface area contributed by atoms with E-state index in [1.807, 2.05) is 4.90 Å². The highest BCUT2D eigenvalue weighted by molar-refractivity contribution is 5.95. The fourth-order valence-corrected chi connectivity index (χ4v) is 2.89. The Morgan fingerprint density at radius 1 is 1.16 bits per heavy atom. The van der Waals surface area contributed by atoms with Crippen LogP contribution >= 0.6 is 0 Å². The van der Waals surface area contributed by atoms with Gasteiger partial charge >= 0.3 is 6.03 Å². The van der Waals surface area contributed by atoms with Crippen LogP contribution in [0.25, 0.3) is 0 Å². The van der Waals surface area contributed by atoms with Crippen LogP contribution in [0.15, 0.2) is 36.9 Å². The third-order valence-electron chi connectivity index (χ3n) is 4.22. The minimum absolute atomic E-state index is 0.0813. The lowest BCUT2D eigenvalue weighted by Crippen LogP contribution is -2.38. The van der Waals surface area contributed by atoms with Crippen LogP contribution in [0, 0.1) is 0 Å². The number of hydrogen-bond donors (Lipinski definition) is 2. The van der Waals surface area contributed by atoms with Crippen LogP contribution in [0.5, 0.6) is 0 Å². The van der Waals surface area contributed by atoms with Crippen molar-refractivity contribution in [1.82, 2.24) is 15.1 Å². The Kier molecular flexibility index (Phi) is 7.47. The summed E-state index contributed by atoms with van der Waals surface area (Å²) in [4.78, 5) is 28.6. The van der Waals surface area contributed by atoms with Gasteiger partial charge in [0.15, 0.2) is 0 Å². The molecule has 3 amide bonds. The normalized spacial score (nSPS) is 15.3. The molecule has 1 aromatic rings. The lowest BCUT2D eigenvalue weighted by molar-refractivity contribution is 0.0958. The Balaban J connectivity index is 1.87. The van der Waals surface area contributed by atoms with Gasteiger partial charge in [0.2, 0.25) is 0 Å². The van der Waals surface area contributed by atoms with Gasteiger partial charge in [-0.3, -0.25) is 4.79 Å². The third-order valence-corrected chi connectivity index (χ3v) is 4.22. The Hall–Kier alpha value is -2.34. The van der Waals surface area contributed by atoms with E-state index in [0.717, 1.165) is 45.6 Å². The monoisotopic (exact) mass is 344 g/mol. The Morgan fingerprint density at radius 3 is 2.60 bits per heavy atom. The number of benzene rings is 1. The Bertz CT molecular complexity index is 586. The molecule has 0 saturated carbocycles. The van der Waals surface area contributed by atoms with Crippen LogP contribution in [-0.2, 0) is 0 Å². The molecule has 1 aromatic carbocycles. The predicted octanol–water partition coefficient (Wildman–Crippen LogP) is 2.55. The topological polar surface area (TPSA) is 64.7 Å². The molecular formula is C19H28N4O2. The minimum Gasteiger partial charge on any atom is -0.349 e. The molecule has 2 rings (SSSR count). The van der Waals surface area contributed by atoms with Crippen molar-refractivity contribution in [2.75, 3.05) is 44.6 Å². The fraction of sp³-hybridized carbons (Fsp3) is 0.474. The largest absolute Gasteiger partial charge is 0.349 e. The van der Waals surface area contributed by atoms with Gasteiger partial charge in [0.25, 0.3) is 5.91 Å². The van der Waals surface area contributed by atoms with Crippen molar-refractivity contribution in [3.05, 3.63) is 42.5 Å². The van der Waals surface area contributed by atoms with E-state index in [-0.39, 0.29) is 11.9 Å². The standard InChI is InChI=1S/C19H28N4O2/c1-3-10-20-18(24)16-6-8-17(9-7-16)21-19(25)23-13-5-12-22(11-4-2)14-15-23/h3,6-9H,1,4-5,10-15H2,2H3,(H,20,24)(H,21,25). The number of carbonyl (C=O) groups is 2. The molecule has 1 aliphatic heterocycles. The highest BCUT2D eigenvalue weighted by Crippen LogP contribution is 2.12. The molecule has 0 atom stereocenters. The second kappa shape index (κ2) is 9.84. The number of carbonyl (C=O) groups excluding carboxylic acids is 2. The van der Waals surface area contributed by atoms with Crippen molar-refractivity contribution >= 4 is 17.6 Å². The second-order valence-electron chi connectivity index (χ2n) is 6.19. The van der Waals surface area contributed by atoms with Gasteiger partial charge < -0.3 is 20.4 Å². The summed E-state index contributed by atoms with van der Waals surface area (Å²) < 4.78 is 0. The summed E-state index contributed by atoms with van der Waals surface area (Å²) in [6.45, 7) is 10.8. The average Bonchev–Trinajstić information content (AvgIpc) is 2.86. The lowest BCUT2D eigenvalue weighted by atomic mass is 10.2. The van der Waals surface area contributed by atoms with Crippen molar-refractivity contribution in [3.63, 3.8) is 0 Å². The van der Waals surface area contributed by atoms with E-state index in [2.05, 4.69) is 29.0 Å². The first-order valence-electron chi connectivity index (χ1n) is 8.91. The summed E-state index contributed by atoms with van der Waals surface area (Å²) in [5.74, 6) is -0.152. The molecule has 0 spiro atoms. The summed E-state index contributed by atoms with van der Waals surface area (Å²) in [6.07, 6.45) is 3.77. The third kappa shape index (κ3) is 5.90. The second-order valence-corrected chi connectivity index (χ2v) is 6.19. The smallest absolute Gasteiger partial charge is 0.321 e. The minimum atomic E-state index is -0.152. The predicted molar refractivity (Wildman–Crippen MR) is 101 cm³/mol. The molecule has 6 nitrogen and oxygen atoms in total. The molecule has 25 heavy (non-hydrogen) atoms. The SMILES string of the molecule is C=CCNC(=O)c1ccc(NC(=O)N2CCCN(CCC)CC2)cc1. The number of amides is 3. The van der Waals surface area contributed by atoms with Crippen molar-refractivity contribution in [2.24, 2.45) is 0 Å². The molecular weight excluding hydrogens is 316 g/mol. The Morgan fingerprint density at radius 2 is 1.92 bits per heavy atom. The molecule has 0 bridgehead atoms. The molecule has 2 N–H and O–H groups in total. The lowest BCUT2D eigenvalue weighted by Gasteiger charge is -2.22. The molecule has 6 heteroatoms. The maximum absolute atomic E-state index is 12.5. The van der Waals surface area contributed by atoms with Crippen LogP contribution in [0.3, 0.4) is 0 Å². The zero-order chi connectivity index (χ0) is 18.1. The van der Waals surface area contributed by atoms with Crippen LogP contribution in [0.2, 0.25) is 0 Å². The van der Waals surface area contributed by atoms with Gasteiger partial charge in [-0.05, 0) is 50.2 Å². The van der Waals surface area contributed by atoms with E-state index in [0.29, 0.717) is 17.8 Å². The molecule has 1 aliphatic rings. The van der Waals surface area contributed by atoms with Crippen LogP contribution in [-0.4, -0.2) is 61.0 Å². The summed E-state index contributed by atoms with van der Waals surface area (Å²) in [5, 5.41) is 5.64. The molecule has 0 aromatic heterocycles. The molecule has 0 unspecified atom stereocenters. The number of hydrogen-bond acceptors (Lipinski definition) is 3. The van der Waals surface area contributed by atoms with Gasteiger partial charge in [0, 0.05) is 37.4 Å². The van der Waals surface area contributed by atoms with Crippen LogP contribution < -0.4 is 10.6 Å². The highest BCUT2D eigenvalue weighted by atomic mass is 16.2. The average molecular weight is 344 g/mol. The van der Waals surface area contributed by atoms with Gasteiger partial charge in [0.1, 0.15) is 0 Å². The first-order valence-corrected chi connectivity index (χ1v) is 8.91. The van der Waals surface area contributed by atoms with Gasteiger partial charge in [-0.15, -0.1) is 6.58 Å². The van der Waals surface area contributed by atoms with Gasteiger partial charge in [-0.1, -0.05) is 13.0 Å². The first-order chi connectivity index (χ1) is 12.1. The van der Waals surface area contributed by atoms with E-state index in [1.54, 1.807) is 30.3 Å². The van der Waals surface area contributed by atoms with Crippen molar-refractivity contribution in [1.29, 1.82) is 0 Å². The number of urea groups is 1. The molecule has 0 aliphatic carbocycles. The van der Waals surface area contributed by atoms with E-state index in [9.17, 15) is 9.59 Å². The first kappa shape index (κ1) is 19.0. The summed E-state index contributed by atoms with van der Waals surface area (Å²) in [6, 6.07) is 6.84. The molecule has 0 radical (unpaired) electrons. The van der Waals surface area contributed by atoms with Crippen LogP contribution in [0.4, 0.5) is 10.5 Å². The van der Waals surface area contributed by atoms with Gasteiger partial charge in [-0.25, -0.2) is 4.79 Å². The maximum atomic E-state index is 12.5. The van der Waals surface area contributed by atoms with Gasteiger partial charge in [-0.2, -0.15) is 0 Å². The van der Waals surface area contributed by atoms with Crippen molar-refractivity contribution in [2.45, 2.75) is 19.8 Å². The molecule has 1 fully saturated rings. The number of nitrogens with one attached hydrogen (secondary N) is 2. The molecule has 1 saturated heterocycles. The zero-order valence-corrected chi connectivity index (χ0v) is 15.0. The maximum Gasteiger partial charge on any atom is 0.321 e. The Labute approximate surface area is 149 Å². The molecule has 136 valence electrons. The van der Waals surface area contributed by atoms with E-state index < -0.39 is 0 Å². The molecule has 1 heterocycles. The number of anilines is 1. The van der Waals surface area contributed by atoms with Gasteiger partial charge in [0.05, 0.1) is 0 Å². The summed E-state index contributed by atoms with van der Waals surface area (Å²) in [7, 11) is 0. The zero-order valence-electron chi connectivity index (χ0n) is 15.0. The van der Waals surface area contributed by atoms with Crippen molar-refractivity contribution in [3.8, 4) is 0 Å². The summed E-state index contributed by atoms with van der Waals surface area (Å²) >= 11 is 0.